The minimum absolute atomic E-state index is 0. The molecular weight excluding hydrogens is 521 g/mol. The number of ether oxygens (including phenoxy) is 2. The highest BCUT2D eigenvalue weighted by atomic mass is 127. The van der Waals surface area contributed by atoms with Gasteiger partial charge < -0.3 is 24.6 Å². The average molecular weight is 559 g/mol. The van der Waals surface area contributed by atoms with E-state index in [-0.39, 0.29) is 35.9 Å². The zero-order valence-electron chi connectivity index (χ0n) is 19.6. The highest BCUT2D eigenvalue weighted by Gasteiger charge is 2.30. The molecule has 1 atom stereocenters. The average Bonchev–Trinajstić information content (AvgIpc) is 3.35. The van der Waals surface area contributed by atoms with Gasteiger partial charge in [0.2, 0.25) is 5.91 Å². The molecule has 3 rings (SSSR count). The number of methoxy groups -OCH3 is 1. The lowest BCUT2D eigenvalue weighted by Crippen LogP contribution is -2.57. The summed E-state index contributed by atoms with van der Waals surface area (Å²) in [5.41, 5.74) is 1.17. The van der Waals surface area contributed by atoms with Gasteiger partial charge >= 0.3 is 0 Å². The van der Waals surface area contributed by atoms with Gasteiger partial charge in [-0.3, -0.25) is 14.7 Å². The van der Waals surface area contributed by atoms with Crippen LogP contribution in [0.15, 0.2) is 29.3 Å². The van der Waals surface area contributed by atoms with Crippen LogP contribution in [0.3, 0.4) is 0 Å². The monoisotopic (exact) mass is 559 g/mol. The number of aliphatic imine (C=N–C) groups is 1. The van der Waals surface area contributed by atoms with E-state index in [0.717, 1.165) is 63.8 Å². The summed E-state index contributed by atoms with van der Waals surface area (Å²) < 4.78 is 10.6. The Balaban J connectivity index is 0.00000363. The van der Waals surface area contributed by atoms with Crippen molar-refractivity contribution in [2.45, 2.75) is 32.4 Å². The van der Waals surface area contributed by atoms with Crippen LogP contribution in [-0.4, -0.2) is 99.2 Å². The molecular formula is C23H38IN5O3. The molecule has 0 spiro atoms. The minimum atomic E-state index is -0.0418. The van der Waals surface area contributed by atoms with Gasteiger partial charge in [0.05, 0.1) is 12.6 Å². The first-order valence-electron chi connectivity index (χ1n) is 11.3. The number of carbonyl (C=O) groups is 1. The Kier molecular flexibility index (Phi) is 11.5. The zero-order valence-corrected chi connectivity index (χ0v) is 21.9. The number of hydrogen-bond acceptors (Lipinski definition) is 5. The Bertz CT molecular complexity index is 717. The van der Waals surface area contributed by atoms with E-state index in [9.17, 15) is 4.79 Å². The Morgan fingerprint density at radius 1 is 1.03 bits per heavy atom. The molecule has 32 heavy (non-hydrogen) atoms. The fraction of sp³-hybridized carbons (Fsp3) is 0.652. The number of carbonyl (C=O) groups excluding carboxylic acids is 1. The van der Waals surface area contributed by atoms with E-state index in [1.165, 1.54) is 5.56 Å². The fourth-order valence-electron chi connectivity index (χ4n) is 4.14. The van der Waals surface area contributed by atoms with Crippen LogP contribution in [0.2, 0.25) is 0 Å². The summed E-state index contributed by atoms with van der Waals surface area (Å²) in [6.45, 7) is 9.19. The first-order valence-corrected chi connectivity index (χ1v) is 11.3. The van der Waals surface area contributed by atoms with Crippen molar-refractivity contribution in [3.8, 4) is 5.75 Å². The van der Waals surface area contributed by atoms with E-state index in [1.54, 1.807) is 7.11 Å². The second-order valence-electron chi connectivity index (χ2n) is 8.12. The molecule has 2 aliphatic rings. The quantitative estimate of drug-likeness (QED) is 0.228. The summed E-state index contributed by atoms with van der Waals surface area (Å²) in [6.07, 6.45) is 2.27. The van der Waals surface area contributed by atoms with Crippen molar-refractivity contribution < 1.29 is 14.3 Å². The predicted octanol–water partition coefficient (Wildman–Crippen LogP) is 2.03. The van der Waals surface area contributed by atoms with Crippen LogP contribution in [0.5, 0.6) is 5.75 Å². The molecule has 2 aliphatic heterocycles. The van der Waals surface area contributed by atoms with E-state index < -0.39 is 0 Å². The topological polar surface area (TPSA) is 69.6 Å². The van der Waals surface area contributed by atoms with Gasteiger partial charge in [0, 0.05) is 60.0 Å². The predicted molar refractivity (Wildman–Crippen MR) is 138 cm³/mol. The lowest BCUT2D eigenvalue weighted by atomic mass is 10.2. The zero-order chi connectivity index (χ0) is 22.1. The van der Waals surface area contributed by atoms with Crippen LogP contribution in [0.25, 0.3) is 0 Å². The minimum Gasteiger partial charge on any atom is -0.491 e. The first kappa shape index (κ1) is 26.7. The maximum absolute atomic E-state index is 12.7. The second kappa shape index (κ2) is 13.8. The van der Waals surface area contributed by atoms with Crippen LogP contribution >= 0.6 is 24.0 Å². The molecule has 1 aromatic carbocycles. The number of nitrogens with one attached hydrogen (secondary N) is 1. The van der Waals surface area contributed by atoms with Crippen molar-refractivity contribution >= 4 is 35.8 Å². The van der Waals surface area contributed by atoms with Crippen LogP contribution in [0.1, 0.15) is 25.3 Å². The van der Waals surface area contributed by atoms with Crippen LogP contribution in [0, 0.1) is 0 Å². The molecule has 2 heterocycles. The molecule has 9 heteroatoms. The Morgan fingerprint density at radius 2 is 1.69 bits per heavy atom. The molecule has 0 aliphatic carbocycles. The number of hydrogen-bond donors (Lipinski definition) is 1. The molecule has 0 aromatic heterocycles. The third-order valence-electron chi connectivity index (χ3n) is 6.08. The molecule has 1 aromatic rings. The van der Waals surface area contributed by atoms with Gasteiger partial charge in [0.15, 0.2) is 5.96 Å². The van der Waals surface area contributed by atoms with Crippen molar-refractivity contribution in [1.29, 1.82) is 0 Å². The maximum Gasteiger partial charge on any atom is 0.239 e. The molecule has 2 saturated heterocycles. The molecule has 0 saturated carbocycles. The molecule has 180 valence electrons. The van der Waals surface area contributed by atoms with Crippen LogP contribution < -0.4 is 10.1 Å². The van der Waals surface area contributed by atoms with Gasteiger partial charge in [-0.05, 0) is 37.5 Å². The van der Waals surface area contributed by atoms with Gasteiger partial charge in [-0.1, -0.05) is 12.1 Å². The Hall–Kier alpha value is -1.59. The van der Waals surface area contributed by atoms with Crippen molar-refractivity contribution in [3.05, 3.63) is 29.8 Å². The number of rotatable bonds is 8. The van der Waals surface area contributed by atoms with E-state index in [1.807, 2.05) is 31.0 Å². The first-order chi connectivity index (χ1) is 15.1. The van der Waals surface area contributed by atoms with E-state index in [2.05, 4.69) is 32.2 Å². The van der Waals surface area contributed by atoms with E-state index in [0.29, 0.717) is 19.8 Å². The summed E-state index contributed by atoms with van der Waals surface area (Å²) in [5.74, 6) is 2.03. The maximum atomic E-state index is 12.7. The summed E-state index contributed by atoms with van der Waals surface area (Å²) in [4.78, 5) is 23.7. The number of nitrogens with zero attached hydrogens (tertiary/aromatic N) is 4. The molecule has 1 unspecified atom stereocenters. The third kappa shape index (κ3) is 7.48. The fourth-order valence-corrected chi connectivity index (χ4v) is 4.14. The summed E-state index contributed by atoms with van der Waals surface area (Å²) in [5, 5.41) is 3.46. The normalized spacial score (nSPS) is 18.3. The lowest BCUT2D eigenvalue weighted by Gasteiger charge is -2.39. The van der Waals surface area contributed by atoms with Gasteiger partial charge in [-0.15, -0.1) is 24.0 Å². The molecule has 1 amide bonds. The number of halogens is 1. The number of amides is 1. The highest BCUT2D eigenvalue weighted by molar-refractivity contribution is 14.0. The Labute approximate surface area is 209 Å². The number of piperazine rings is 1. The van der Waals surface area contributed by atoms with Crippen LogP contribution in [-0.2, 0) is 16.1 Å². The highest BCUT2D eigenvalue weighted by Crippen LogP contribution is 2.15. The molecule has 1 N–H and O–H groups in total. The number of guanidine groups is 1. The van der Waals surface area contributed by atoms with Gasteiger partial charge in [0.1, 0.15) is 12.4 Å². The second-order valence-corrected chi connectivity index (χ2v) is 8.12. The largest absolute Gasteiger partial charge is 0.491 e. The van der Waals surface area contributed by atoms with Crippen molar-refractivity contribution in [1.82, 2.24) is 20.0 Å². The van der Waals surface area contributed by atoms with Gasteiger partial charge in [0.25, 0.3) is 0 Å². The molecule has 0 bridgehead atoms. The lowest BCUT2D eigenvalue weighted by molar-refractivity contribution is -0.135. The SMILES string of the molecule is CN=C(NCc1ccc(OCCOC)cc1)N1CCN(C(C)C(=O)N2CCCC2)CC1.I. The van der Waals surface area contributed by atoms with Crippen molar-refractivity contribution in [3.63, 3.8) is 0 Å². The number of benzene rings is 1. The summed E-state index contributed by atoms with van der Waals surface area (Å²) in [7, 11) is 3.49. The van der Waals surface area contributed by atoms with Crippen molar-refractivity contribution in [2.24, 2.45) is 4.99 Å². The van der Waals surface area contributed by atoms with Crippen molar-refractivity contribution in [2.75, 3.05) is 66.6 Å². The van der Waals surface area contributed by atoms with E-state index >= 15 is 0 Å². The summed E-state index contributed by atoms with van der Waals surface area (Å²) >= 11 is 0. The molecule has 8 nitrogen and oxygen atoms in total. The molecule has 2 fully saturated rings. The van der Waals surface area contributed by atoms with E-state index in [4.69, 9.17) is 9.47 Å². The third-order valence-corrected chi connectivity index (χ3v) is 6.08. The smallest absolute Gasteiger partial charge is 0.239 e. The van der Waals surface area contributed by atoms with Gasteiger partial charge in [-0.2, -0.15) is 0 Å². The Morgan fingerprint density at radius 3 is 2.28 bits per heavy atom. The molecule has 0 radical (unpaired) electrons. The van der Waals surface area contributed by atoms with Gasteiger partial charge in [-0.25, -0.2) is 0 Å². The number of likely N-dealkylation sites (tertiary alicyclic amines) is 1. The van der Waals surface area contributed by atoms with Crippen LogP contribution in [0.4, 0.5) is 0 Å². The standard InChI is InChI=1S/C23H37N5O3.HI/c1-19(22(29)27-10-4-5-11-27)26-12-14-28(15-13-26)23(24-2)25-18-20-6-8-21(9-7-20)31-17-16-30-3;/h6-9,19H,4-5,10-18H2,1-3H3,(H,24,25);1H. The summed E-state index contributed by atoms with van der Waals surface area (Å²) in [6, 6.07) is 8.04.